The van der Waals surface area contributed by atoms with Crippen LogP contribution in [0.25, 0.3) is 0 Å². The van der Waals surface area contributed by atoms with Crippen LogP contribution >= 0.6 is 15.9 Å². The van der Waals surface area contributed by atoms with Crippen LogP contribution in [0.1, 0.15) is 6.42 Å². The number of benzene rings is 2. The molecule has 1 aliphatic rings. The highest BCUT2D eigenvalue weighted by Gasteiger charge is 2.37. The number of hydrogen-bond acceptors (Lipinski definition) is 4. The molecule has 1 aromatic heterocycles. The van der Waals surface area contributed by atoms with Crippen LogP contribution in [0.3, 0.4) is 0 Å². The standard InChI is InChI=1S/C22H18BrN3O3/c23-15-2-1-3-17(14-15)26-13-10-20(22(26)28)21(27)25-16-4-6-18(7-5-16)29-19-8-11-24-12-9-19/h1-9,11-12,14,20H,10,13H2,(H,25,27). The van der Waals surface area contributed by atoms with Crippen molar-refractivity contribution < 1.29 is 14.3 Å². The van der Waals surface area contributed by atoms with E-state index in [-0.39, 0.29) is 11.8 Å². The maximum atomic E-state index is 12.7. The molecule has 1 fully saturated rings. The van der Waals surface area contributed by atoms with Gasteiger partial charge in [0.2, 0.25) is 11.8 Å². The Bertz CT molecular complexity index is 1020. The van der Waals surface area contributed by atoms with E-state index in [0.717, 1.165) is 10.2 Å². The molecular weight excluding hydrogens is 434 g/mol. The highest BCUT2D eigenvalue weighted by molar-refractivity contribution is 9.10. The van der Waals surface area contributed by atoms with Gasteiger partial charge < -0.3 is 15.0 Å². The number of rotatable bonds is 5. The fourth-order valence-corrected chi connectivity index (χ4v) is 3.59. The molecular formula is C22H18BrN3O3. The average Bonchev–Trinajstić information content (AvgIpc) is 3.12. The van der Waals surface area contributed by atoms with Gasteiger partial charge in [0.25, 0.3) is 0 Å². The van der Waals surface area contributed by atoms with Crippen LogP contribution in [0, 0.1) is 5.92 Å². The molecule has 1 atom stereocenters. The second-order valence-corrected chi connectivity index (χ2v) is 7.53. The van der Waals surface area contributed by atoms with Gasteiger partial charge in [0.05, 0.1) is 0 Å². The van der Waals surface area contributed by atoms with E-state index < -0.39 is 5.92 Å². The van der Waals surface area contributed by atoms with Crippen molar-refractivity contribution in [2.75, 3.05) is 16.8 Å². The average molecular weight is 452 g/mol. The van der Waals surface area contributed by atoms with Gasteiger partial charge in [-0.05, 0) is 61.0 Å². The Morgan fingerprint density at radius 2 is 1.79 bits per heavy atom. The lowest BCUT2D eigenvalue weighted by molar-refractivity contribution is -0.129. The van der Waals surface area contributed by atoms with Gasteiger partial charge in [0.1, 0.15) is 17.4 Å². The predicted molar refractivity (Wildman–Crippen MR) is 114 cm³/mol. The number of carbonyl (C=O) groups is 2. The molecule has 0 radical (unpaired) electrons. The van der Waals surface area contributed by atoms with Crippen LogP contribution in [-0.2, 0) is 9.59 Å². The summed E-state index contributed by atoms with van der Waals surface area (Å²) < 4.78 is 6.60. The molecule has 0 spiro atoms. The van der Waals surface area contributed by atoms with E-state index in [0.29, 0.717) is 30.2 Å². The Morgan fingerprint density at radius 1 is 1.07 bits per heavy atom. The SMILES string of the molecule is O=C(Nc1ccc(Oc2ccncc2)cc1)C1CCN(c2cccc(Br)c2)C1=O. The fourth-order valence-electron chi connectivity index (χ4n) is 3.20. The monoisotopic (exact) mass is 451 g/mol. The molecule has 0 aliphatic carbocycles. The van der Waals surface area contributed by atoms with E-state index in [2.05, 4.69) is 26.2 Å². The molecule has 3 aromatic rings. The number of ether oxygens (including phenoxy) is 1. The number of anilines is 2. The highest BCUT2D eigenvalue weighted by atomic mass is 79.9. The summed E-state index contributed by atoms with van der Waals surface area (Å²) in [4.78, 5) is 31.0. The van der Waals surface area contributed by atoms with Crippen molar-refractivity contribution in [1.29, 1.82) is 0 Å². The van der Waals surface area contributed by atoms with Crippen molar-refractivity contribution in [2.45, 2.75) is 6.42 Å². The van der Waals surface area contributed by atoms with E-state index in [4.69, 9.17) is 4.74 Å². The zero-order chi connectivity index (χ0) is 20.2. The molecule has 7 heteroatoms. The van der Waals surface area contributed by atoms with Gasteiger partial charge >= 0.3 is 0 Å². The summed E-state index contributed by atoms with van der Waals surface area (Å²) in [6, 6.07) is 18.1. The molecule has 0 bridgehead atoms. The van der Waals surface area contributed by atoms with Gasteiger partial charge in [-0.2, -0.15) is 0 Å². The smallest absolute Gasteiger partial charge is 0.239 e. The van der Waals surface area contributed by atoms with Gasteiger partial charge in [-0.3, -0.25) is 14.6 Å². The summed E-state index contributed by atoms with van der Waals surface area (Å²) in [5, 5.41) is 2.83. The first kappa shape index (κ1) is 19.1. The van der Waals surface area contributed by atoms with Crippen molar-refractivity contribution in [3.8, 4) is 11.5 Å². The van der Waals surface area contributed by atoms with Gasteiger partial charge in [-0.25, -0.2) is 0 Å². The number of nitrogens with one attached hydrogen (secondary N) is 1. The number of halogens is 1. The van der Waals surface area contributed by atoms with Crippen LogP contribution in [0.15, 0.2) is 77.5 Å². The molecule has 4 rings (SSSR count). The van der Waals surface area contributed by atoms with Crippen LogP contribution in [0.4, 0.5) is 11.4 Å². The fraction of sp³-hybridized carbons (Fsp3) is 0.136. The lowest BCUT2D eigenvalue weighted by Gasteiger charge is -2.17. The third kappa shape index (κ3) is 4.46. The second-order valence-electron chi connectivity index (χ2n) is 6.61. The maximum absolute atomic E-state index is 12.7. The highest BCUT2D eigenvalue weighted by Crippen LogP contribution is 2.28. The quantitative estimate of drug-likeness (QED) is 0.574. The second kappa shape index (κ2) is 8.45. The largest absolute Gasteiger partial charge is 0.457 e. The number of carbonyl (C=O) groups excluding carboxylic acids is 2. The van der Waals surface area contributed by atoms with Gasteiger partial charge in [-0.1, -0.05) is 22.0 Å². The van der Waals surface area contributed by atoms with Crippen molar-refractivity contribution in [3.63, 3.8) is 0 Å². The number of aromatic nitrogens is 1. The van der Waals surface area contributed by atoms with E-state index in [1.165, 1.54) is 0 Å². The van der Waals surface area contributed by atoms with Gasteiger partial charge in [0, 0.05) is 34.8 Å². The predicted octanol–water partition coefficient (Wildman–Crippen LogP) is 4.63. The first-order valence-electron chi connectivity index (χ1n) is 9.16. The van der Waals surface area contributed by atoms with Crippen LogP contribution < -0.4 is 15.0 Å². The zero-order valence-electron chi connectivity index (χ0n) is 15.4. The van der Waals surface area contributed by atoms with Crippen LogP contribution in [0.5, 0.6) is 11.5 Å². The molecule has 29 heavy (non-hydrogen) atoms. The number of nitrogens with zero attached hydrogens (tertiary/aromatic N) is 2. The minimum atomic E-state index is -0.693. The van der Waals surface area contributed by atoms with Crippen LogP contribution in [-0.4, -0.2) is 23.3 Å². The molecule has 1 unspecified atom stereocenters. The number of hydrogen-bond donors (Lipinski definition) is 1. The summed E-state index contributed by atoms with van der Waals surface area (Å²) in [6.07, 6.45) is 3.79. The molecule has 1 aliphatic heterocycles. The third-order valence-electron chi connectivity index (χ3n) is 4.65. The minimum absolute atomic E-state index is 0.182. The van der Waals surface area contributed by atoms with Gasteiger partial charge in [0.15, 0.2) is 0 Å². The first-order valence-corrected chi connectivity index (χ1v) is 9.95. The van der Waals surface area contributed by atoms with Crippen molar-refractivity contribution in [3.05, 3.63) is 77.5 Å². The molecule has 0 saturated carbocycles. The van der Waals surface area contributed by atoms with Crippen molar-refractivity contribution in [2.24, 2.45) is 5.92 Å². The van der Waals surface area contributed by atoms with Crippen LogP contribution in [0.2, 0.25) is 0 Å². The Kier molecular flexibility index (Phi) is 5.57. The van der Waals surface area contributed by atoms with E-state index in [1.807, 2.05) is 24.3 Å². The number of amides is 2. The lowest BCUT2D eigenvalue weighted by Crippen LogP contribution is -2.33. The van der Waals surface area contributed by atoms with E-state index in [1.54, 1.807) is 53.7 Å². The summed E-state index contributed by atoms with van der Waals surface area (Å²) in [6.45, 7) is 0.520. The zero-order valence-corrected chi connectivity index (χ0v) is 17.0. The summed E-state index contributed by atoms with van der Waals surface area (Å²) >= 11 is 3.41. The lowest BCUT2D eigenvalue weighted by atomic mass is 10.1. The minimum Gasteiger partial charge on any atom is -0.457 e. The molecule has 1 N–H and O–H groups in total. The van der Waals surface area contributed by atoms with E-state index >= 15 is 0 Å². The molecule has 146 valence electrons. The molecule has 1 saturated heterocycles. The third-order valence-corrected chi connectivity index (χ3v) is 5.14. The van der Waals surface area contributed by atoms with Crippen molar-refractivity contribution >= 4 is 39.1 Å². The summed E-state index contributed by atoms with van der Waals surface area (Å²) in [5.41, 5.74) is 1.41. The molecule has 6 nitrogen and oxygen atoms in total. The summed E-state index contributed by atoms with van der Waals surface area (Å²) in [7, 11) is 0. The number of pyridine rings is 1. The Morgan fingerprint density at radius 3 is 2.52 bits per heavy atom. The molecule has 2 amide bonds. The molecule has 2 heterocycles. The Hall–Kier alpha value is -3.19. The maximum Gasteiger partial charge on any atom is 0.239 e. The normalized spacial score (nSPS) is 16.0. The van der Waals surface area contributed by atoms with E-state index in [9.17, 15) is 9.59 Å². The van der Waals surface area contributed by atoms with Gasteiger partial charge in [-0.15, -0.1) is 0 Å². The molecule has 2 aromatic carbocycles. The Labute approximate surface area is 176 Å². The Balaban J connectivity index is 1.38. The topological polar surface area (TPSA) is 71.5 Å². The first-order chi connectivity index (χ1) is 14.1. The van der Waals surface area contributed by atoms with Crippen molar-refractivity contribution in [1.82, 2.24) is 4.98 Å². The summed E-state index contributed by atoms with van der Waals surface area (Å²) in [5.74, 6) is 0.156.